The zero-order valence-corrected chi connectivity index (χ0v) is 20.2. The lowest BCUT2D eigenvalue weighted by Gasteiger charge is -2.28. The van der Waals surface area contributed by atoms with Crippen LogP contribution in [-0.2, 0) is 4.79 Å². The smallest absolute Gasteiger partial charge is 0.281 e. The summed E-state index contributed by atoms with van der Waals surface area (Å²) in [5.41, 5.74) is 2.32. The quantitative estimate of drug-likeness (QED) is 0.301. The Kier molecular flexibility index (Phi) is 5.77. The number of hydrogen-bond acceptors (Lipinski definition) is 5. The Bertz CT molecular complexity index is 1370. The number of rotatable bonds is 5. The van der Waals surface area contributed by atoms with Crippen molar-refractivity contribution in [1.82, 2.24) is 5.01 Å². The van der Waals surface area contributed by atoms with E-state index in [-0.39, 0.29) is 24.5 Å². The van der Waals surface area contributed by atoms with Gasteiger partial charge in [-0.1, -0.05) is 42.5 Å². The molecule has 2 aliphatic rings. The lowest BCUT2D eigenvalue weighted by Crippen LogP contribution is -2.34. The highest BCUT2D eigenvalue weighted by Gasteiger charge is 2.44. The van der Waals surface area contributed by atoms with Gasteiger partial charge in [-0.15, -0.1) is 22.7 Å². The fraction of sp³-hybridized carbons (Fsp3) is 0.214. The molecule has 34 heavy (non-hydrogen) atoms. The van der Waals surface area contributed by atoms with Gasteiger partial charge < -0.3 is 4.74 Å². The van der Waals surface area contributed by atoms with Gasteiger partial charge in [0.15, 0.2) is 6.61 Å². The largest absolute Gasteiger partial charge is 0.484 e. The molecular formula is C28H24N2O2S2. The lowest BCUT2D eigenvalue weighted by atomic mass is 9.79. The van der Waals surface area contributed by atoms with Crippen LogP contribution in [0.1, 0.15) is 35.1 Å². The molecule has 0 radical (unpaired) electrons. The van der Waals surface area contributed by atoms with Gasteiger partial charge in [0.05, 0.1) is 11.8 Å². The molecule has 0 bridgehead atoms. The molecule has 2 atom stereocenters. The molecule has 4 nitrogen and oxygen atoms in total. The standard InChI is InChI=1S/C28H24N2O2S2/c31-26(18-32-22-13-12-19-6-1-2-7-20(19)16-22)30-28(25-11-5-15-34-25)24-10-3-8-21(27(24)29-30)17-23-9-4-14-33-23/h1-2,4-7,9,11-17,24,28H,3,8,10,18H2/b21-17-/t24-,28+/m1/s1. The average molecular weight is 485 g/mol. The first kappa shape index (κ1) is 21.3. The summed E-state index contributed by atoms with van der Waals surface area (Å²) in [6.07, 6.45) is 5.40. The maximum absolute atomic E-state index is 13.4. The molecule has 170 valence electrons. The lowest BCUT2D eigenvalue weighted by molar-refractivity contribution is -0.135. The number of amides is 1. The van der Waals surface area contributed by atoms with Crippen LogP contribution >= 0.6 is 22.7 Å². The van der Waals surface area contributed by atoms with Crippen LogP contribution in [0.2, 0.25) is 0 Å². The molecule has 3 heterocycles. The molecule has 0 spiro atoms. The minimum absolute atomic E-state index is 0.0340. The number of nitrogens with zero attached hydrogens (tertiary/aromatic N) is 2. The Morgan fingerprint density at radius 1 is 1.03 bits per heavy atom. The number of fused-ring (bicyclic) bond motifs is 2. The van der Waals surface area contributed by atoms with Crippen molar-refractivity contribution in [1.29, 1.82) is 0 Å². The van der Waals surface area contributed by atoms with E-state index < -0.39 is 0 Å². The van der Waals surface area contributed by atoms with Gasteiger partial charge in [0, 0.05) is 15.7 Å². The predicted molar refractivity (Wildman–Crippen MR) is 140 cm³/mol. The molecule has 2 aromatic heterocycles. The zero-order chi connectivity index (χ0) is 22.9. The second kappa shape index (κ2) is 9.20. The Hall–Kier alpha value is -3.22. The second-order valence-electron chi connectivity index (χ2n) is 8.67. The first-order valence-corrected chi connectivity index (χ1v) is 13.3. The molecule has 0 N–H and O–H groups in total. The van der Waals surface area contributed by atoms with Crippen LogP contribution in [0.3, 0.4) is 0 Å². The first-order valence-electron chi connectivity index (χ1n) is 11.6. The number of hydrazone groups is 1. The van der Waals surface area contributed by atoms with Crippen molar-refractivity contribution in [3.05, 3.63) is 92.8 Å². The highest BCUT2D eigenvalue weighted by atomic mass is 32.1. The monoisotopic (exact) mass is 484 g/mol. The molecule has 6 heteroatoms. The van der Waals surface area contributed by atoms with Crippen LogP contribution in [-0.4, -0.2) is 23.2 Å². The summed E-state index contributed by atoms with van der Waals surface area (Å²) in [7, 11) is 0. The van der Waals surface area contributed by atoms with E-state index in [9.17, 15) is 4.79 Å². The van der Waals surface area contributed by atoms with E-state index >= 15 is 0 Å². The highest BCUT2D eigenvalue weighted by Crippen LogP contribution is 2.45. The van der Waals surface area contributed by atoms with Gasteiger partial charge in [0.1, 0.15) is 5.75 Å². The zero-order valence-electron chi connectivity index (χ0n) is 18.6. The molecule has 0 saturated heterocycles. The summed E-state index contributed by atoms with van der Waals surface area (Å²) in [5, 5.41) is 13.0. The van der Waals surface area contributed by atoms with E-state index in [4.69, 9.17) is 9.84 Å². The normalized spacial score (nSPS) is 21.0. The summed E-state index contributed by atoms with van der Waals surface area (Å²) in [6, 6.07) is 22.4. The number of allylic oxidation sites excluding steroid dienone is 1. The summed E-state index contributed by atoms with van der Waals surface area (Å²) < 4.78 is 5.95. The van der Waals surface area contributed by atoms with Crippen molar-refractivity contribution in [2.75, 3.05) is 6.61 Å². The minimum Gasteiger partial charge on any atom is -0.484 e. The van der Waals surface area contributed by atoms with E-state index in [1.807, 2.05) is 30.3 Å². The van der Waals surface area contributed by atoms with Gasteiger partial charge in [-0.3, -0.25) is 4.79 Å². The third kappa shape index (κ3) is 4.08. The molecular weight excluding hydrogens is 460 g/mol. The third-order valence-corrected chi connectivity index (χ3v) is 8.30. The molecule has 0 unspecified atom stereocenters. The van der Waals surface area contributed by atoms with Gasteiger partial charge >= 0.3 is 0 Å². The van der Waals surface area contributed by atoms with Crippen molar-refractivity contribution in [2.45, 2.75) is 25.3 Å². The fourth-order valence-corrected chi connectivity index (χ4v) is 6.52. The fourth-order valence-electron chi connectivity index (χ4n) is 4.96. The molecule has 1 aliphatic heterocycles. The maximum atomic E-state index is 13.4. The molecule has 4 aromatic rings. The Morgan fingerprint density at radius 3 is 2.71 bits per heavy atom. The number of benzene rings is 2. The van der Waals surface area contributed by atoms with Crippen LogP contribution in [0.4, 0.5) is 0 Å². The highest BCUT2D eigenvalue weighted by molar-refractivity contribution is 7.11. The van der Waals surface area contributed by atoms with Crippen LogP contribution in [0.5, 0.6) is 5.75 Å². The van der Waals surface area contributed by atoms with E-state index in [0.717, 1.165) is 35.7 Å². The van der Waals surface area contributed by atoms with Crippen molar-refractivity contribution in [3.63, 3.8) is 0 Å². The Labute approximate surface area is 206 Å². The van der Waals surface area contributed by atoms with Gasteiger partial charge in [-0.05, 0) is 76.7 Å². The summed E-state index contributed by atoms with van der Waals surface area (Å²) in [5.74, 6) is 0.814. The maximum Gasteiger partial charge on any atom is 0.281 e. The average Bonchev–Trinajstić information content (AvgIpc) is 3.63. The minimum atomic E-state index is -0.107. The van der Waals surface area contributed by atoms with Crippen LogP contribution in [0.15, 0.2) is 88.2 Å². The first-order chi connectivity index (χ1) is 16.8. The van der Waals surface area contributed by atoms with Gasteiger partial charge in [-0.25, -0.2) is 5.01 Å². The topological polar surface area (TPSA) is 41.9 Å². The van der Waals surface area contributed by atoms with E-state index in [2.05, 4.69) is 53.2 Å². The predicted octanol–water partition coefficient (Wildman–Crippen LogP) is 7.16. The summed E-state index contributed by atoms with van der Waals surface area (Å²) in [4.78, 5) is 15.8. The molecule has 1 amide bonds. The molecule has 2 aromatic carbocycles. The summed E-state index contributed by atoms with van der Waals surface area (Å²) >= 11 is 3.43. The van der Waals surface area contributed by atoms with Crippen molar-refractivity contribution in [2.24, 2.45) is 11.0 Å². The molecule has 1 fully saturated rings. The number of carbonyl (C=O) groups excluding carboxylic acids is 1. The molecule has 1 saturated carbocycles. The second-order valence-corrected chi connectivity index (χ2v) is 10.6. The van der Waals surface area contributed by atoms with Crippen LogP contribution in [0, 0.1) is 5.92 Å². The molecule has 6 rings (SSSR count). The third-order valence-electron chi connectivity index (χ3n) is 6.53. The van der Waals surface area contributed by atoms with Crippen molar-refractivity contribution >= 4 is 51.1 Å². The van der Waals surface area contributed by atoms with E-state index in [0.29, 0.717) is 5.75 Å². The van der Waals surface area contributed by atoms with Crippen LogP contribution in [0.25, 0.3) is 16.8 Å². The van der Waals surface area contributed by atoms with E-state index in [1.165, 1.54) is 15.3 Å². The van der Waals surface area contributed by atoms with Crippen molar-refractivity contribution < 1.29 is 9.53 Å². The number of thiophene rings is 2. The number of hydrogen-bond donors (Lipinski definition) is 0. The van der Waals surface area contributed by atoms with Gasteiger partial charge in [-0.2, -0.15) is 5.10 Å². The summed E-state index contributed by atoms with van der Waals surface area (Å²) in [6.45, 7) is -0.0340. The van der Waals surface area contributed by atoms with Crippen LogP contribution < -0.4 is 4.74 Å². The van der Waals surface area contributed by atoms with E-state index in [1.54, 1.807) is 27.7 Å². The van der Waals surface area contributed by atoms with Gasteiger partial charge in [0.25, 0.3) is 5.91 Å². The van der Waals surface area contributed by atoms with Crippen molar-refractivity contribution in [3.8, 4) is 5.75 Å². The number of carbonyl (C=O) groups is 1. The Balaban J connectivity index is 1.28. The number of ether oxygens (including phenoxy) is 1. The Morgan fingerprint density at radius 2 is 1.88 bits per heavy atom. The molecule has 1 aliphatic carbocycles. The van der Waals surface area contributed by atoms with Gasteiger partial charge in [0.2, 0.25) is 0 Å². The SMILES string of the molecule is O=C(COc1ccc2ccccc2c1)N1N=C2/C(=C\c3cccs3)CCC[C@H]2[C@H]1c1cccs1.